The summed E-state index contributed by atoms with van der Waals surface area (Å²) < 4.78 is 6.00. The number of nitrogens with one attached hydrogen (secondary N) is 1. The van der Waals surface area contributed by atoms with Gasteiger partial charge in [0.1, 0.15) is 0 Å². The lowest BCUT2D eigenvalue weighted by molar-refractivity contribution is 0.285. The summed E-state index contributed by atoms with van der Waals surface area (Å²) in [6.07, 6.45) is 1.79. The molecule has 74 valence electrons. The number of hydrogen-bond acceptors (Lipinski definition) is 2. The molecular weight excluding hydrogens is 230 g/mol. The first kappa shape index (κ1) is 10.8. The molecule has 0 bridgehead atoms. The van der Waals surface area contributed by atoms with Crippen LogP contribution in [-0.4, -0.2) is 7.05 Å². The highest BCUT2D eigenvalue weighted by atomic mass is 79.9. The van der Waals surface area contributed by atoms with Crippen LogP contribution in [0.4, 0.5) is 0 Å². The minimum atomic E-state index is 0.193. The first-order valence-corrected chi connectivity index (χ1v) is 5.15. The molecule has 0 radical (unpaired) electrons. The van der Waals surface area contributed by atoms with Crippen molar-refractivity contribution in [3.8, 4) is 0 Å². The van der Waals surface area contributed by atoms with Gasteiger partial charge in [0.15, 0.2) is 4.67 Å². The third-order valence-electron chi connectivity index (χ3n) is 2.08. The van der Waals surface area contributed by atoms with E-state index in [1.165, 1.54) is 5.56 Å². The van der Waals surface area contributed by atoms with Crippen LogP contribution in [0, 0.1) is 5.41 Å². The Morgan fingerprint density at radius 3 is 2.38 bits per heavy atom. The zero-order valence-electron chi connectivity index (χ0n) is 8.52. The molecule has 2 nitrogen and oxygen atoms in total. The van der Waals surface area contributed by atoms with Crippen LogP contribution in [0.5, 0.6) is 0 Å². The molecular formula is C10H16BrNO. The molecule has 1 aromatic rings. The maximum atomic E-state index is 5.22. The second-order valence-electron chi connectivity index (χ2n) is 4.27. The van der Waals surface area contributed by atoms with E-state index in [4.69, 9.17) is 4.42 Å². The molecule has 0 fully saturated rings. The lowest BCUT2D eigenvalue weighted by Gasteiger charge is -2.29. The van der Waals surface area contributed by atoms with E-state index in [1.54, 1.807) is 6.26 Å². The Balaban J connectivity index is 2.91. The molecule has 0 aromatic carbocycles. The molecule has 1 heterocycles. The van der Waals surface area contributed by atoms with E-state index < -0.39 is 0 Å². The predicted octanol–water partition coefficient (Wildman–Crippen LogP) is 3.35. The second kappa shape index (κ2) is 3.84. The third kappa shape index (κ3) is 2.58. The quantitative estimate of drug-likeness (QED) is 0.865. The fraction of sp³-hybridized carbons (Fsp3) is 0.600. The summed E-state index contributed by atoms with van der Waals surface area (Å²) in [5.74, 6) is 0. The zero-order chi connectivity index (χ0) is 10.1. The molecule has 1 rings (SSSR count). The summed E-state index contributed by atoms with van der Waals surface area (Å²) in [6.45, 7) is 6.61. The largest absolute Gasteiger partial charge is 0.457 e. The van der Waals surface area contributed by atoms with Gasteiger partial charge >= 0.3 is 0 Å². The van der Waals surface area contributed by atoms with Gasteiger partial charge in [-0.25, -0.2) is 0 Å². The molecule has 1 aromatic heterocycles. The van der Waals surface area contributed by atoms with Crippen LogP contribution in [-0.2, 0) is 0 Å². The van der Waals surface area contributed by atoms with Crippen LogP contribution in [0.15, 0.2) is 21.4 Å². The molecule has 0 saturated carbocycles. The Kier molecular flexibility index (Phi) is 3.19. The average molecular weight is 246 g/mol. The SMILES string of the molecule is CNC(c1coc(Br)c1)C(C)(C)C. The predicted molar refractivity (Wildman–Crippen MR) is 57.7 cm³/mol. The molecule has 13 heavy (non-hydrogen) atoms. The van der Waals surface area contributed by atoms with Gasteiger partial charge in [-0.3, -0.25) is 0 Å². The highest BCUT2D eigenvalue weighted by Crippen LogP contribution is 2.33. The van der Waals surface area contributed by atoms with Gasteiger partial charge < -0.3 is 9.73 Å². The number of hydrogen-bond donors (Lipinski definition) is 1. The molecule has 3 heteroatoms. The lowest BCUT2D eigenvalue weighted by Crippen LogP contribution is -2.29. The smallest absolute Gasteiger partial charge is 0.169 e. The van der Waals surface area contributed by atoms with Crippen molar-refractivity contribution in [2.45, 2.75) is 26.8 Å². The van der Waals surface area contributed by atoms with Gasteiger partial charge in [0.25, 0.3) is 0 Å². The summed E-state index contributed by atoms with van der Waals surface area (Å²) in [4.78, 5) is 0. The van der Waals surface area contributed by atoms with E-state index in [1.807, 2.05) is 13.1 Å². The maximum Gasteiger partial charge on any atom is 0.169 e. The van der Waals surface area contributed by atoms with E-state index in [0.29, 0.717) is 6.04 Å². The van der Waals surface area contributed by atoms with E-state index in [9.17, 15) is 0 Å². The van der Waals surface area contributed by atoms with Crippen LogP contribution in [0.3, 0.4) is 0 Å². The molecule has 0 aliphatic rings. The normalized spacial score (nSPS) is 14.5. The first-order valence-electron chi connectivity index (χ1n) is 4.36. The van der Waals surface area contributed by atoms with E-state index in [2.05, 4.69) is 42.0 Å². The molecule has 0 spiro atoms. The number of rotatable bonds is 2. The Bertz CT molecular complexity index is 275. The topological polar surface area (TPSA) is 25.2 Å². The van der Waals surface area contributed by atoms with E-state index >= 15 is 0 Å². The third-order valence-corrected chi connectivity index (χ3v) is 2.49. The van der Waals surface area contributed by atoms with Gasteiger partial charge in [0, 0.05) is 11.6 Å². The average Bonchev–Trinajstić information content (AvgIpc) is 2.34. The first-order chi connectivity index (χ1) is 5.95. The summed E-state index contributed by atoms with van der Waals surface area (Å²) in [5.41, 5.74) is 1.37. The molecule has 1 atom stereocenters. The van der Waals surface area contributed by atoms with Crippen molar-refractivity contribution < 1.29 is 4.42 Å². The van der Waals surface area contributed by atoms with Crippen molar-refractivity contribution >= 4 is 15.9 Å². The van der Waals surface area contributed by atoms with Gasteiger partial charge in [-0.05, 0) is 34.5 Å². The molecule has 1 unspecified atom stereocenters. The highest BCUT2D eigenvalue weighted by molar-refractivity contribution is 9.10. The summed E-state index contributed by atoms with van der Waals surface area (Å²) in [5, 5.41) is 3.29. The van der Waals surface area contributed by atoms with Crippen molar-refractivity contribution in [1.29, 1.82) is 0 Å². The minimum absolute atomic E-state index is 0.193. The van der Waals surface area contributed by atoms with Crippen molar-refractivity contribution in [1.82, 2.24) is 5.32 Å². The number of furan rings is 1. The standard InChI is InChI=1S/C10H16BrNO/c1-10(2,3)9(12-4)7-5-8(11)13-6-7/h5-6,9,12H,1-4H3. The van der Waals surface area contributed by atoms with Gasteiger partial charge in [0.2, 0.25) is 0 Å². The Morgan fingerprint density at radius 2 is 2.08 bits per heavy atom. The van der Waals surface area contributed by atoms with E-state index in [0.717, 1.165) is 4.67 Å². The number of halogens is 1. The van der Waals surface area contributed by atoms with Gasteiger partial charge in [-0.1, -0.05) is 20.8 Å². The fourth-order valence-corrected chi connectivity index (χ4v) is 1.93. The van der Waals surface area contributed by atoms with Crippen LogP contribution in [0.1, 0.15) is 32.4 Å². The maximum absolute atomic E-state index is 5.22. The van der Waals surface area contributed by atoms with Gasteiger partial charge in [-0.2, -0.15) is 0 Å². The highest BCUT2D eigenvalue weighted by Gasteiger charge is 2.25. The van der Waals surface area contributed by atoms with Crippen LogP contribution >= 0.6 is 15.9 Å². The lowest BCUT2D eigenvalue weighted by atomic mass is 9.83. The molecule has 0 saturated heterocycles. The second-order valence-corrected chi connectivity index (χ2v) is 5.05. The molecule has 0 aliphatic heterocycles. The zero-order valence-corrected chi connectivity index (χ0v) is 10.1. The van der Waals surface area contributed by atoms with Crippen molar-refractivity contribution in [2.24, 2.45) is 5.41 Å². The van der Waals surface area contributed by atoms with Crippen LogP contribution in [0.2, 0.25) is 0 Å². The molecule has 1 N–H and O–H groups in total. The molecule has 0 amide bonds. The summed E-state index contributed by atoms with van der Waals surface area (Å²) in [6, 6.07) is 2.33. The van der Waals surface area contributed by atoms with Crippen LogP contribution < -0.4 is 5.32 Å². The van der Waals surface area contributed by atoms with Crippen molar-refractivity contribution in [3.63, 3.8) is 0 Å². The van der Waals surface area contributed by atoms with Crippen molar-refractivity contribution in [3.05, 3.63) is 22.6 Å². The molecule has 0 aliphatic carbocycles. The van der Waals surface area contributed by atoms with Gasteiger partial charge in [-0.15, -0.1) is 0 Å². The fourth-order valence-electron chi connectivity index (χ4n) is 1.57. The summed E-state index contributed by atoms with van der Waals surface area (Å²) >= 11 is 3.30. The van der Waals surface area contributed by atoms with Crippen molar-refractivity contribution in [2.75, 3.05) is 7.05 Å². The Hall–Kier alpha value is -0.280. The summed E-state index contributed by atoms with van der Waals surface area (Å²) in [7, 11) is 1.97. The minimum Gasteiger partial charge on any atom is -0.457 e. The monoisotopic (exact) mass is 245 g/mol. The van der Waals surface area contributed by atoms with Crippen LogP contribution in [0.25, 0.3) is 0 Å². The van der Waals surface area contributed by atoms with E-state index in [-0.39, 0.29) is 5.41 Å². The van der Waals surface area contributed by atoms with Gasteiger partial charge in [0.05, 0.1) is 6.26 Å². The Labute approximate surface area is 87.8 Å². The Morgan fingerprint density at radius 1 is 1.46 bits per heavy atom.